The fraction of sp³-hybridized carbons (Fsp3) is 0.738. The molecule has 1 atom stereocenters. The molecule has 0 aromatic heterocycles. The van der Waals surface area contributed by atoms with Gasteiger partial charge in [0, 0.05) is 19.3 Å². The molecular weight excluding hydrogens is 877 g/mol. The highest BCUT2D eigenvalue weighted by atomic mass is 16.6. The molecule has 0 N–H and O–H groups in total. The van der Waals surface area contributed by atoms with E-state index in [9.17, 15) is 14.4 Å². The van der Waals surface area contributed by atoms with Crippen LogP contribution >= 0.6 is 0 Å². The third-order valence-corrected chi connectivity index (χ3v) is 12.8. The maximum atomic E-state index is 12.9. The zero-order valence-corrected chi connectivity index (χ0v) is 46.7. The standard InChI is InChI=1S/C65H112O6/c1-4-7-10-13-16-19-22-25-27-29-31-32-34-35-37-40-43-46-49-52-55-58-64(67)70-61-62(60-69-63(66)57-54-51-48-45-42-39-24-21-18-15-12-9-6-3)71-65(68)59-56-53-50-47-44-41-38-36-33-30-28-26-23-20-17-14-11-8-5-2/h17,20-22,24-26,28-29,31,33-36,62H,4-16,18-19,23,27,30,32,37-61H2,1-3H3/b20-17-,24-21-,25-22-,28-26-,31-29-,35-34-,36-33-. The summed E-state index contributed by atoms with van der Waals surface area (Å²) in [5.74, 6) is -0.917. The van der Waals surface area contributed by atoms with Crippen molar-refractivity contribution >= 4 is 17.9 Å². The van der Waals surface area contributed by atoms with Crippen LogP contribution in [-0.2, 0) is 28.6 Å². The normalized spacial score (nSPS) is 12.7. The molecule has 0 spiro atoms. The second-order valence-electron chi connectivity index (χ2n) is 19.9. The molecule has 0 aromatic rings. The predicted molar refractivity (Wildman–Crippen MR) is 307 cm³/mol. The molecule has 408 valence electrons. The Morgan fingerprint density at radius 2 is 0.507 bits per heavy atom. The summed E-state index contributed by atoms with van der Waals surface area (Å²) in [4.78, 5) is 38.2. The SMILES string of the molecule is CCCCC/C=C\C/C=C\C/C=C\CCCCCCCCC(=O)OC(COC(=O)CCCCCCC/C=C\CCCCCC)COC(=O)CCCCCCCC/C=C\C/C=C\C/C=C\CCCCCCC. The van der Waals surface area contributed by atoms with E-state index in [2.05, 4.69) is 106 Å². The number of hydrogen-bond acceptors (Lipinski definition) is 6. The van der Waals surface area contributed by atoms with Crippen molar-refractivity contribution in [2.24, 2.45) is 0 Å². The van der Waals surface area contributed by atoms with Crippen molar-refractivity contribution in [3.8, 4) is 0 Å². The molecule has 0 fully saturated rings. The summed E-state index contributed by atoms with van der Waals surface area (Å²) in [5, 5.41) is 0. The van der Waals surface area contributed by atoms with Crippen molar-refractivity contribution in [2.45, 2.75) is 297 Å². The van der Waals surface area contributed by atoms with Gasteiger partial charge in [-0.15, -0.1) is 0 Å². The molecule has 0 aliphatic carbocycles. The van der Waals surface area contributed by atoms with Gasteiger partial charge in [-0.2, -0.15) is 0 Å². The fourth-order valence-corrected chi connectivity index (χ4v) is 8.27. The molecule has 0 rings (SSSR count). The van der Waals surface area contributed by atoms with Gasteiger partial charge in [0.2, 0.25) is 0 Å². The van der Waals surface area contributed by atoms with Crippen LogP contribution in [0.2, 0.25) is 0 Å². The summed E-state index contributed by atoms with van der Waals surface area (Å²) in [7, 11) is 0. The van der Waals surface area contributed by atoms with Crippen molar-refractivity contribution in [2.75, 3.05) is 13.2 Å². The lowest BCUT2D eigenvalue weighted by molar-refractivity contribution is -0.167. The number of hydrogen-bond donors (Lipinski definition) is 0. The van der Waals surface area contributed by atoms with Gasteiger partial charge in [0.15, 0.2) is 6.10 Å². The first-order valence-corrected chi connectivity index (χ1v) is 30.1. The van der Waals surface area contributed by atoms with E-state index in [-0.39, 0.29) is 31.1 Å². The van der Waals surface area contributed by atoms with Crippen molar-refractivity contribution in [3.05, 3.63) is 85.1 Å². The topological polar surface area (TPSA) is 78.9 Å². The molecule has 0 amide bonds. The predicted octanol–water partition coefficient (Wildman–Crippen LogP) is 20.3. The van der Waals surface area contributed by atoms with E-state index in [0.29, 0.717) is 19.3 Å². The summed E-state index contributed by atoms with van der Waals surface area (Å²) in [5.41, 5.74) is 0. The third-order valence-electron chi connectivity index (χ3n) is 12.8. The van der Waals surface area contributed by atoms with E-state index >= 15 is 0 Å². The van der Waals surface area contributed by atoms with Gasteiger partial charge in [-0.05, 0) is 122 Å². The number of allylic oxidation sites excluding steroid dienone is 14. The Morgan fingerprint density at radius 1 is 0.282 bits per heavy atom. The Kier molecular flexibility index (Phi) is 56.3. The number of unbranched alkanes of at least 4 members (excludes halogenated alkanes) is 29. The average molecular weight is 990 g/mol. The van der Waals surface area contributed by atoms with Crippen LogP contribution in [0.25, 0.3) is 0 Å². The smallest absolute Gasteiger partial charge is 0.306 e. The van der Waals surface area contributed by atoms with E-state index in [4.69, 9.17) is 14.2 Å². The number of ether oxygens (including phenoxy) is 3. The third kappa shape index (κ3) is 57.4. The minimum Gasteiger partial charge on any atom is -0.462 e. The minimum atomic E-state index is -0.794. The van der Waals surface area contributed by atoms with Gasteiger partial charge < -0.3 is 14.2 Å². The molecule has 0 heterocycles. The number of carbonyl (C=O) groups is 3. The summed E-state index contributed by atoms with van der Waals surface area (Å²) in [6.07, 6.45) is 77.1. The van der Waals surface area contributed by atoms with Crippen LogP contribution in [0.4, 0.5) is 0 Å². The minimum absolute atomic E-state index is 0.0905. The van der Waals surface area contributed by atoms with E-state index < -0.39 is 6.10 Å². The van der Waals surface area contributed by atoms with Crippen LogP contribution < -0.4 is 0 Å². The molecular formula is C65H112O6. The first kappa shape index (κ1) is 67.6. The van der Waals surface area contributed by atoms with Crippen LogP contribution in [0.5, 0.6) is 0 Å². The largest absolute Gasteiger partial charge is 0.462 e. The average Bonchev–Trinajstić information content (AvgIpc) is 3.37. The van der Waals surface area contributed by atoms with Crippen molar-refractivity contribution in [1.82, 2.24) is 0 Å². The molecule has 6 heteroatoms. The highest BCUT2D eigenvalue weighted by Crippen LogP contribution is 2.14. The lowest BCUT2D eigenvalue weighted by Gasteiger charge is -2.18. The number of carbonyl (C=O) groups excluding carboxylic acids is 3. The monoisotopic (exact) mass is 989 g/mol. The molecule has 0 aliphatic heterocycles. The highest BCUT2D eigenvalue weighted by molar-refractivity contribution is 5.71. The van der Waals surface area contributed by atoms with Gasteiger partial charge in [-0.25, -0.2) is 0 Å². The fourth-order valence-electron chi connectivity index (χ4n) is 8.27. The van der Waals surface area contributed by atoms with Gasteiger partial charge in [0.25, 0.3) is 0 Å². The Morgan fingerprint density at radius 3 is 0.845 bits per heavy atom. The van der Waals surface area contributed by atoms with Crippen LogP contribution in [0.15, 0.2) is 85.1 Å². The number of rotatable bonds is 54. The van der Waals surface area contributed by atoms with Crippen molar-refractivity contribution in [3.63, 3.8) is 0 Å². The molecule has 71 heavy (non-hydrogen) atoms. The van der Waals surface area contributed by atoms with Crippen molar-refractivity contribution in [1.29, 1.82) is 0 Å². The zero-order chi connectivity index (χ0) is 51.4. The summed E-state index contributed by atoms with van der Waals surface area (Å²) >= 11 is 0. The molecule has 0 saturated carbocycles. The molecule has 0 radical (unpaired) electrons. The van der Waals surface area contributed by atoms with Gasteiger partial charge in [0.05, 0.1) is 0 Å². The number of esters is 3. The first-order chi connectivity index (χ1) is 35.0. The van der Waals surface area contributed by atoms with Gasteiger partial charge in [-0.3, -0.25) is 14.4 Å². The second kappa shape index (κ2) is 59.2. The molecule has 0 aromatic carbocycles. The first-order valence-electron chi connectivity index (χ1n) is 30.1. The maximum Gasteiger partial charge on any atom is 0.306 e. The maximum absolute atomic E-state index is 12.9. The molecule has 6 nitrogen and oxygen atoms in total. The Labute approximate surface area is 439 Å². The summed E-state index contributed by atoms with van der Waals surface area (Å²) in [6.45, 7) is 6.57. The van der Waals surface area contributed by atoms with E-state index in [1.807, 2.05) is 0 Å². The van der Waals surface area contributed by atoms with E-state index in [0.717, 1.165) is 109 Å². The van der Waals surface area contributed by atoms with Crippen molar-refractivity contribution < 1.29 is 28.6 Å². The van der Waals surface area contributed by atoms with Crippen LogP contribution in [-0.4, -0.2) is 37.2 Å². The van der Waals surface area contributed by atoms with Crippen LogP contribution in [0.3, 0.4) is 0 Å². The summed E-state index contributed by atoms with van der Waals surface area (Å²) in [6, 6.07) is 0. The van der Waals surface area contributed by atoms with Crippen LogP contribution in [0.1, 0.15) is 290 Å². The van der Waals surface area contributed by atoms with Gasteiger partial charge in [0.1, 0.15) is 13.2 Å². The molecule has 0 bridgehead atoms. The quantitative estimate of drug-likeness (QED) is 0.0261. The Hall–Kier alpha value is -3.41. The van der Waals surface area contributed by atoms with Crippen LogP contribution in [0, 0.1) is 0 Å². The van der Waals surface area contributed by atoms with Gasteiger partial charge in [-0.1, -0.05) is 234 Å². The Bertz CT molecular complexity index is 1370. The lowest BCUT2D eigenvalue weighted by Crippen LogP contribution is -2.30. The van der Waals surface area contributed by atoms with E-state index in [1.54, 1.807) is 0 Å². The zero-order valence-electron chi connectivity index (χ0n) is 46.7. The molecule has 1 unspecified atom stereocenters. The lowest BCUT2D eigenvalue weighted by atomic mass is 10.1. The second-order valence-corrected chi connectivity index (χ2v) is 19.9. The molecule has 0 aliphatic rings. The highest BCUT2D eigenvalue weighted by Gasteiger charge is 2.19. The summed E-state index contributed by atoms with van der Waals surface area (Å²) < 4.78 is 16.9. The Balaban J connectivity index is 4.42. The van der Waals surface area contributed by atoms with E-state index in [1.165, 1.54) is 141 Å². The van der Waals surface area contributed by atoms with Gasteiger partial charge >= 0.3 is 17.9 Å². The molecule has 0 saturated heterocycles.